The van der Waals surface area contributed by atoms with E-state index in [0.29, 0.717) is 45.9 Å². The van der Waals surface area contributed by atoms with Crippen LogP contribution in [-0.4, -0.2) is 30.5 Å². The van der Waals surface area contributed by atoms with Crippen LogP contribution in [0, 0.1) is 0 Å². The van der Waals surface area contributed by atoms with E-state index in [-0.39, 0.29) is 11.8 Å². The lowest BCUT2D eigenvalue weighted by Gasteiger charge is -2.14. The zero-order chi connectivity index (χ0) is 22.9. The van der Waals surface area contributed by atoms with Crippen molar-refractivity contribution < 1.29 is 19.1 Å². The third-order valence-electron chi connectivity index (χ3n) is 4.52. The van der Waals surface area contributed by atoms with Crippen molar-refractivity contribution in [2.45, 2.75) is 19.9 Å². The minimum atomic E-state index is -0.253. The molecule has 0 aliphatic carbocycles. The first-order chi connectivity index (χ1) is 15.5. The average molecular weight is 498 g/mol. The van der Waals surface area contributed by atoms with Gasteiger partial charge in [-0.3, -0.25) is 14.6 Å². The van der Waals surface area contributed by atoms with Crippen LogP contribution in [0.5, 0.6) is 11.5 Å². The number of anilines is 1. The molecule has 3 aromatic rings. The number of ether oxygens (including phenoxy) is 2. The maximum absolute atomic E-state index is 12.7. The van der Waals surface area contributed by atoms with Gasteiger partial charge in [0.2, 0.25) is 0 Å². The second kappa shape index (κ2) is 11.3. The summed E-state index contributed by atoms with van der Waals surface area (Å²) in [5, 5.41) is 5.74. The Morgan fingerprint density at radius 2 is 1.81 bits per heavy atom. The standard InChI is InChI=1S/C24H24BrN3O4/c1-3-11-32-22-20(25)13-18(14-21(22)31-2)23(29)27-15-16-5-4-6-19(12-16)28-24(30)17-7-9-26-10-8-17/h4-10,12-14H,3,11,15H2,1-2H3,(H,27,29)(H,28,30). The van der Waals surface area contributed by atoms with Gasteiger partial charge in [-0.05, 0) is 64.3 Å². The van der Waals surface area contributed by atoms with Crippen LogP contribution >= 0.6 is 15.9 Å². The molecule has 2 aromatic carbocycles. The van der Waals surface area contributed by atoms with Crippen molar-refractivity contribution in [2.24, 2.45) is 0 Å². The molecule has 0 aliphatic rings. The monoisotopic (exact) mass is 497 g/mol. The van der Waals surface area contributed by atoms with Crippen molar-refractivity contribution >= 4 is 33.4 Å². The van der Waals surface area contributed by atoms with Gasteiger partial charge in [0.25, 0.3) is 11.8 Å². The highest BCUT2D eigenvalue weighted by atomic mass is 79.9. The summed E-state index contributed by atoms with van der Waals surface area (Å²) in [6, 6.07) is 13.9. The van der Waals surface area contributed by atoms with Gasteiger partial charge in [0.05, 0.1) is 18.2 Å². The fourth-order valence-corrected chi connectivity index (χ4v) is 3.50. The Kier molecular flexibility index (Phi) is 8.21. The van der Waals surface area contributed by atoms with E-state index in [9.17, 15) is 9.59 Å². The summed E-state index contributed by atoms with van der Waals surface area (Å²) in [7, 11) is 1.54. The molecule has 0 spiro atoms. The fraction of sp³-hybridized carbons (Fsp3) is 0.208. The van der Waals surface area contributed by atoms with E-state index < -0.39 is 0 Å². The third-order valence-corrected chi connectivity index (χ3v) is 5.11. The van der Waals surface area contributed by atoms with E-state index in [0.717, 1.165) is 12.0 Å². The molecular weight excluding hydrogens is 474 g/mol. The molecule has 8 heteroatoms. The zero-order valence-electron chi connectivity index (χ0n) is 17.9. The van der Waals surface area contributed by atoms with Crippen LogP contribution in [0.25, 0.3) is 0 Å². The number of carbonyl (C=O) groups excluding carboxylic acids is 2. The van der Waals surface area contributed by atoms with E-state index >= 15 is 0 Å². The Labute approximate surface area is 195 Å². The second-order valence-electron chi connectivity index (χ2n) is 6.91. The van der Waals surface area contributed by atoms with Crippen LogP contribution in [-0.2, 0) is 6.54 Å². The maximum atomic E-state index is 12.7. The molecular formula is C24H24BrN3O4. The molecule has 0 aliphatic heterocycles. The highest BCUT2D eigenvalue weighted by Crippen LogP contribution is 2.36. The molecule has 0 radical (unpaired) electrons. The first-order valence-electron chi connectivity index (χ1n) is 10.1. The summed E-state index contributed by atoms with van der Waals surface area (Å²) in [5.41, 5.74) is 2.45. The van der Waals surface area contributed by atoms with Gasteiger partial charge >= 0.3 is 0 Å². The number of pyridine rings is 1. The van der Waals surface area contributed by atoms with Gasteiger partial charge in [0.15, 0.2) is 11.5 Å². The number of carbonyl (C=O) groups is 2. The van der Waals surface area contributed by atoms with Crippen molar-refractivity contribution in [3.05, 3.63) is 82.1 Å². The SMILES string of the molecule is CCCOc1c(Br)cc(C(=O)NCc2cccc(NC(=O)c3ccncc3)c2)cc1OC. The Hall–Kier alpha value is -3.39. The number of aromatic nitrogens is 1. The predicted octanol–water partition coefficient (Wildman–Crippen LogP) is 4.82. The summed E-state index contributed by atoms with van der Waals surface area (Å²) in [6.07, 6.45) is 3.99. The number of hydrogen-bond donors (Lipinski definition) is 2. The van der Waals surface area contributed by atoms with Crippen molar-refractivity contribution in [1.29, 1.82) is 0 Å². The fourth-order valence-electron chi connectivity index (χ4n) is 2.95. The number of methoxy groups -OCH3 is 1. The quantitative estimate of drug-likeness (QED) is 0.442. The number of benzene rings is 2. The van der Waals surface area contributed by atoms with Crippen LogP contribution in [0.2, 0.25) is 0 Å². The summed E-state index contributed by atoms with van der Waals surface area (Å²) in [6.45, 7) is 2.86. The summed E-state index contributed by atoms with van der Waals surface area (Å²) in [5.74, 6) is 0.579. The molecule has 2 amide bonds. The lowest BCUT2D eigenvalue weighted by Crippen LogP contribution is -2.23. The highest BCUT2D eigenvalue weighted by molar-refractivity contribution is 9.10. The molecule has 0 atom stereocenters. The van der Waals surface area contributed by atoms with Crippen LogP contribution in [0.4, 0.5) is 5.69 Å². The van der Waals surface area contributed by atoms with E-state index in [4.69, 9.17) is 9.47 Å². The van der Waals surface area contributed by atoms with Crippen molar-refractivity contribution in [2.75, 3.05) is 19.0 Å². The number of halogens is 1. The Balaban J connectivity index is 1.65. The summed E-state index contributed by atoms with van der Waals surface area (Å²) < 4.78 is 11.7. The van der Waals surface area contributed by atoms with E-state index in [1.54, 1.807) is 42.7 Å². The van der Waals surface area contributed by atoms with Gasteiger partial charge in [-0.15, -0.1) is 0 Å². The Morgan fingerprint density at radius 1 is 1.03 bits per heavy atom. The summed E-state index contributed by atoms with van der Waals surface area (Å²) >= 11 is 3.46. The van der Waals surface area contributed by atoms with Gasteiger partial charge < -0.3 is 20.1 Å². The van der Waals surface area contributed by atoms with Crippen molar-refractivity contribution in [3.8, 4) is 11.5 Å². The number of amides is 2. The molecule has 1 aromatic heterocycles. The van der Waals surface area contributed by atoms with Crippen LogP contribution in [0.3, 0.4) is 0 Å². The van der Waals surface area contributed by atoms with Crippen molar-refractivity contribution in [1.82, 2.24) is 10.3 Å². The second-order valence-corrected chi connectivity index (χ2v) is 7.77. The number of nitrogens with zero attached hydrogens (tertiary/aromatic N) is 1. The van der Waals surface area contributed by atoms with Gasteiger partial charge in [0, 0.05) is 35.8 Å². The molecule has 0 bridgehead atoms. The normalized spacial score (nSPS) is 10.3. The molecule has 7 nitrogen and oxygen atoms in total. The molecule has 1 heterocycles. The lowest BCUT2D eigenvalue weighted by molar-refractivity contribution is 0.0949. The average Bonchev–Trinajstić information content (AvgIpc) is 2.82. The maximum Gasteiger partial charge on any atom is 0.255 e. The van der Waals surface area contributed by atoms with Crippen LogP contribution in [0.15, 0.2) is 65.4 Å². The molecule has 32 heavy (non-hydrogen) atoms. The van der Waals surface area contributed by atoms with Crippen LogP contribution < -0.4 is 20.1 Å². The summed E-state index contributed by atoms with van der Waals surface area (Å²) in [4.78, 5) is 28.9. The van der Waals surface area contributed by atoms with E-state index in [1.165, 1.54) is 7.11 Å². The predicted molar refractivity (Wildman–Crippen MR) is 126 cm³/mol. The third kappa shape index (κ3) is 6.07. The Bertz CT molecular complexity index is 1090. The first kappa shape index (κ1) is 23.3. The molecule has 0 saturated carbocycles. The molecule has 0 fully saturated rings. The molecule has 2 N–H and O–H groups in total. The molecule has 0 unspecified atom stereocenters. The smallest absolute Gasteiger partial charge is 0.255 e. The van der Waals surface area contributed by atoms with Crippen molar-refractivity contribution in [3.63, 3.8) is 0 Å². The van der Waals surface area contributed by atoms with Gasteiger partial charge in [-0.1, -0.05) is 19.1 Å². The van der Waals surface area contributed by atoms with Gasteiger partial charge in [0.1, 0.15) is 0 Å². The first-order valence-corrected chi connectivity index (χ1v) is 10.9. The van der Waals surface area contributed by atoms with E-state index in [2.05, 4.69) is 31.5 Å². The topological polar surface area (TPSA) is 89.6 Å². The number of rotatable bonds is 9. The largest absolute Gasteiger partial charge is 0.493 e. The van der Waals surface area contributed by atoms with Gasteiger partial charge in [-0.25, -0.2) is 0 Å². The number of nitrogens with one attached hydrogen (secondary N) is 2. The Morgan fingerprint density at radius 3 is 2.53 bits per heavy atom. The van der Waals surface area contributed by atoms with Crippen LogP contribution in [0.1, 0.15) is 39.6 Å². The highest BCUT2D eigenvalue weighted by Gasteiger charge is 2.15. The lowest BCUT2D eigenvalue weighted by atomic mass is 10.1. The molecule has 166 valence electrons. The van der Waals surface area contributed by atoms with E-state index in [1.807, 2.05) is 25.1 Å². The number of hydrogen-bond acceptors (Lipinski definition) is 5. The molecule has 0 saturated heterocycles. The zero-order valence-corrected chi connectivity index (χ0v) is 19.4. The minimum absolute atomic E-state index is 0.226. The van der Waals surface area contributed by atoms with Gasteiger partial charge in [-0.2, -0.15) is 0 Å². The minimum Gasteiger partial charge on any atom is -0.493 e. The molecule has 3 rings (SSSR count).